The summed E-state index contributed by atoms with van der Waals surface area (Å²) >= 11 is 1.96. The molecular weight excluding hydrogens is 362 g/mol. The highest BCUT2D eigenvalue weighted by molar-refractivity contribution is 7.19. The number of piperidine rings is 1. The first-order chi connectivity index (χ1) is 13.8. The summed E-state index contributed by atoms with van der Waals surface area (Å²) < 4.78 is 1.42. The van der Waals surface area contributed by atoms with Crippen LogP contribution in [-0.4, -0.2) is 55.1 Å². The second-order valence-electron chi connectivity index (χ2n) is 8.14. The van der Waals surface area contributed by atoms with Gasteiger partial charge in [-0.1, -0.05) is 36.4 Å². The molecule has 0 N–H and O–H groups in total. The second-order valence-corrected chi connectivity index (χ2v) is 9.31. The third-order valence-electron chi connectivity index (χ3n) is 6.29. The monoisotopic (exact) mass is 391 g/mol. The summed E-state index contributed by atoms with van der Waals surface area (Å²) in [6, 6.07) is 22.8. The fourth-order valence-electron chi connectivity index (χ4n) is 4.79. The topological polar surface area (TPSA) is 9.72 Å². The number of hydrogen-bond acceptors (Lipinski definition) is 4. The highest BCUT2D eigenvalue weighted by Gasteiger charge is 2.28. The zero-order chi connectivity index (χ0) is 18.8. The molecule has 3 nitrogen and oxygen atoms in total. The number of likely N-dealkylation sites (tertiary alicyclic amines) is 1. The van der Waals surface area contributed by atoms with E-state index in [1.807, 2.05) is 11.3 Å². The third-order valence-corrected chi connectivity index (χ3v) is 7.39. The predicted octanol–water partition coefficient (Wildman–Crippen LogP) is 4.69. The van der Waals surface area contributed by atoms with E-state index in [-0.39, 0.29) is 0 Å². The van der Waals surface area contributed by atoms with Gasteiger partial charge in [0.25, 0.3) is 0 Å². The number of anilines is 1. The predicted molar refractivity (Wildman–Crippen MR) is 120 cm³/mol. The van der Waals surface area contributed by atoms with Gasteiger partial charge in [-0.2, -0.15) is 0 Å². The van der Waals surface area contributed by atoms with Crippen molar-refractivity contribution in [1.29, 1.82) is 0 Å². The molecule has 2 aliphatic heterocycles. The molecule has 146 valence electrons. The Hall–Kier alpha value is -1.88. The zero-order valence-corrected chi connectivity index (χ0v) is 17.3. The molecule has 1 aromatic heterocycles. The molecule has 5 rings (SSSR count). The van der Waals surface area contributed by atoms with Crippen LogP contribution < -0.4 is 4.90 Å². The van der Waals surface area contributed by atoms with Gasteiger partial charge in [0, 0.05) is 60.6 Å². The van der Waals surface area contributed by atoms with E-state index in [9.17, 15) is 0 Å². The molecular formula is C24H29N3S. The van der Waals surface area contributed by atoms with Gasteiger partial charge in [-0.25, -0.2) is 0 Å². The Morgan fingerprint density at radius 3 is 2.46 bits per heavy atom. The molecule has 0 radical (unpaired) electrons. The summed E-state index contributed by atoms with van der Waals surface area (Å²) in [7, 11) is 0. The van der Waals surface area contributed by atoms with Crippen molar-refractivity contribution in [3.8, 4) is 0 Å². The summed E-state index contributed by atoms with van der Waals surface area (Å²) in [6.07, 6.45) is 2.68. The molecule has 28 heavy (non-hydrogen) atoms. The molecule has 2 aromatic carbocycles. The third kappa shape index (κ3) is 3.95. The first kappa shape index (κ1) is 18.2. The number of nitrogens with zero attached hydrogens (tertiary/aromatic N) is 3. The Labute approximate surface area is 172 Å². The zero-order valence-electron chi connectivity index (χ0n) is 16.5. The van der Waals surface area contributed by atoms with Crippen LogP contribution in [0.1, 0.15) is 17.7 Å². The summed E-state index contributed by atoms with van der Waals surface area (Å²) in [5.74, 6) is 0. The lowest BCUT2D eigenvalue weighted by atomic mass is 10.0. The van der Waals surface area contributed by atoms with Crippen molar-refractivity contribution in [2.45, 2.75) is 25.4 Å². The summed E-state index contributed by atoms with van der Waals surface area (Å²) in [4.78, 5) is 9.48. The van der Waals surface area contributed by atoms with Crippen molar-refractivity contribution in [3.63, 3.8) is 0 Å². The number of fused-ring (bicyclic) bond motifs is 1. The molecule has 4 heteroatoms. The minimum absolute atomic E-state index is 0.723. The second kappa shape index (κ2) is 8.24. The number of benzene rings is 2. The Kier molecular flexibility index (Phi) is 5.34. The summed E-state index contributed by atoms with van der Waals surface area (Å²) in [5.41, 5.74) is 1.37. The lowest BCUT2D eigenvalue weighted by molar-refractivity contribution is 0.0893. The van der Waals surface area contributed by atoms with Crippen molar-refractivity contribution in [2.24, 2.45) is 0 Å². The van der Waals surface area contributed by atoms with Crippen molar-refractivity contribution in [3.05, 3.63) is 65.5 Å². The van der Waals surface area contributed by atoms with Gasteiger partial charge in [0.2, 0.25) is 0 Å². The molecule has 0 unspecified atom stereocenters. The normalized spacial score (nSPS) is 22.0. The van der Waals surface area contributed by atoms with Crippen LogP contribution in [0.5, 0.6) is 0 Å². The van der Waals surface area contributed by atoms with Gasteiger partial charge in [-0.3, -0.25) is 9.80 Å². The fraction of sp³-hybridized carbons (Fsp3) is 0.417. The first-order valence-electron chi connectivity index (χ1n) is 10.6. The number of thiophene rings is 1. The standard InChI is InChI=1S/C24H29N3S/c1-2-8-21(9-3-1)26-13-15-27(16-14-26)22-10-6-12-25(18-22)19-23-17-20-7-4-5-11-24(20)28-23/h1-5,7-9,11,17,22H,6,10,12-16,18-19H2/t22-/m0/s1. The van der Waals surface area contributed by atoms with E-state index in [2.05, 4.69) is 75.4 Å². The molecule has 3 heterocycles. The van der Waals surface area contributed by atoms with Crippen LogP contribution in [0.2, 0.25) is 0 Å². The van der Waals surface area contributed by atoms with Gasteiger partial charge in [0.05, 0.1) is 0 Å². The Bertz CT molecular complexity index is 865. The lowest BCUT2D eigenvalue weighted by Crippen LogP contribution is -2.55. The van der Waals surface area contributed by atoms with Crippen LogP contribution >= 0.6 is 11.3 Å². The molecule has 0 aliphatic carbocycles. The van der Waals surface area contributed by atoms with E-state index in [0.29, 0.717) is 0 Å². The van der Waals surface area contributed by atoms with E-state index < -0.39 is 0 Å². The minimum atomic E-state index is 0.723. The Morgan fingerprint density at radius 2 is 1.64 bits per heavy atom. The van der Waals surface area contributed by atoms with E-state index in [4.69, 9.17) is 0 Å². The maximum atomic E-state index is 2.75. The van der Waals surface area contributed by atoms with Crippen molar-refractivity contribution in [1.82, 2.24) is 9.80 Å². The van der Waals surface area contributed by atoms with E-state index >= 15 is 0 Å². The number of hydrogen-bond donors (Lipinski definition) is 0. The van der Waals surface area contributed by atoms with Gasteiger partial charge >= 0.3 is 0 Å². The first-order valence-corrected chi connectivity index (χ1v) is 11.4. The summed E-state index contributed by atoms with van der Waals surface area (Å²) in [6.45, 7) is 8.26. The summed E-state index contributed by atoms with van der Waals surface area (Å²) in [5, 5.41) is 1.40. The van der Waals surface area contributed by atoms with Crippen LogP contribution in [0.15, 0.2) is 60.7 Å². The largest absolute Gasteiger partial charge is 0.369 e. The van der Waals surface area contributed by atoms with Crippen LogP contribution in [0, 0.1) is 0 Å². The van der Waals surface area contributed by atoms with Gasteiger partial charge in [0.1, 0.15) is 0 Å². The minimum Gasteiger partial charge on any atom is -0.369 e. The van der Waals surface area contributed by atoms with Gasteiger partial charge < -0.3 is 4.90 Å². The van der Waals surface area contributed by atoms with Crippen LogP contribution in [0.3, 0.4) is 0 Å². The van der Waals surface area contributed by atoms with Crippen molar-refractivity contribution < 1.29 is 0 Å². The SMILES string of the molecule is c1ccc(N2CCN([C@H]3CCCN(Cc4cc5ccccc5s4)C3)CC2)cc1. The van der Waals surface area contributed by atoms with Gasteiger partial charge in [-0.05, 0) is 49.0 Å². The van der Waals surface area contributed by atoms with Crippen LogP contribution in [0.25, 0.3) is 10.1 Å². The molecule has 0 bridgehead atoms. The average Bonchev–Trinajstić information content (AvgIpc) is 3.17. The van der Waals surface area contributed by atoms with Gasteiger partial charge in [0.15, 0.2) is 0 Å². The van der Waals surface area contributed by atoms with E-state index in [1.165, 1.54) is 59.7 Å². The number of rotatable bonds is 4. The van der Waals surface area contributed by atoms with Crippen LogP contribution in [-0.2, 0) is 6.54 Å². The molecule has 2 aliphatic rings. The lowest BCUT2D eigenvalue weighted by Gasteiger charge is -2.44. The van der Waals surface area contributed by atoms with Gasteiger partial charge in [-0.15, -0.1) is 11.3 Å². The van der Waals surface area contributed by atoms with Crippen molar-refractivity contribution in [2.75, 3.05) is 44.2 Å². The molecule has 0 spiro atoms. The molecule has 0 saturated carbocycles. The smallest absolute Gasteiger partial charge is 0.0367 e. The maximum absolute atomic E-state index is 2.75. The average molecular weight is 392 g/mol. The molecule has 1 atom stereocenters. The maximum Gasteiger partial charge on any atom is 0.0367 e. The highest BCUT2D eigenvalue weighted by atomic mass is 32.1. The molecule has 3 aromatic rings. The number of piperazine rings is 1. The molecule has 2 saturated heterocycles. The highest BCUT2D eigenvalue weighted by Crippen LogP contribution is 2.28. The Balaban J connectivity index is 1.18. The fourth-order valence-corrected chi connectivity index (χ4v) is 5.90. The quantitative estimate of drug-likeness (QED) is 0.639. The van der Waals surface area contributed by atoms with Crippen LogP contribution in [0.4, 0.5) is 5.69 Å². The molecule has 2 fully saturated rings. The van der Waals surface area contributed by atoms with E-state index in [1.54, 1.807) is 0 Å². The van der Waals surface area contributed by atoms with E-state index in [0.717, 1.165) is 25.7 Å². The Morgan fingerprint density at radius 1 is 0.857 bits per heavy atom. The number of para-hydroxylation sites is 1. The van der Waals surface area contributed by atoms with Crippen molar-refractivity contribution >= 4 is 27.1 Å². The molecule has 0 amide bonds.